The molecule has 2 aliphatic heterocycles. The summed E-state index contributed by atoms with van der Waals surface area (Å²) >= 11 is 12.2. The predicted molar refractivity (Wildman–Crippen MR) is 157 cm³/mol. The van der Waals surface area contributed by atoms with Crippen molar-refractivity contribution in [2.45, 2.75) is 69.9 Å². The Balaban J connectivity index is 1.04. The summed E-state index contributed by atoms with van der Waals surface area (Å²) in [6, 6.07) is 10.7. The Morgan fingerprint density at radius 2 is 1.77 bits per heavy atom. The summed E-state index contributed by atoms with van der Waals surface area (Å²) in [5.41, 5.74) is 2.06. The molecular weight excluding hydrogens is 551 g/mol. The Morgan fingerprint density at radius 1 is 1.00 bits per heavy atom. The van der Waals surface area contributed by atoms with Gasteiger partial charge in [0, 0.05) is 54.8 Å². The normalized spacial score (nSPS) is 16.7. The molecule has 0 aliphatic carbocycles. The first kappa shape index (κ1) is 28.6. The molecule has 10 heteroatoms. The minimum Gasteiger partial charge on any atom is -0.388 e. The first-order valence-electron chi connectivity index (χ1n) is 14.0. The number of piperidine rings is 1. The molecule has 0 radical (unpaired) electrons. The van der Waals surface area contributed by atoms with Crippen LogP contribution < -0.4 is 9.98 Å². The molecule has 3 aromatic rings. The average Bonchev–Trinajstić information content (AvgIpc) is 2.94. The van der Waals surface area contributed by atoms with E-state index in [1.54, 1.807) is 27.5 Å². The van der Waals surface area contributed by atoms with Crippen LogP contribution in [0, 0.1) is 0 Å². The monoisotopic (exact) mass is 584 g/mol. The van der Waals surface area contributed by atoms with E-state index in [-0.39, 0.29) is 23.8 Å². The summed E-state index contributed by atoms with van der Waals surface area (Å²) < 4.78 is 3.15. The lowest BCUT2D eigenvalue weighted by Crippen LogP contribution is -2.49. The van der Waals surface area contributed by atoms with Gasteiger partial charge in [0.15, 0.2) is 5.78 Å². The van der Waals surface area contributed by atoms with Crippen molar-refractivity contribution in [3.8, 4) is 0 Å². The van der Waals surface area contributed by atoms with Gasteiger partial charge in [-0.25, -0.2) is 4.98 Å². The van der Waals surface area contributed by atoms with Crippen molar-refractivity contribution in [2.24, 2.45) is 0 Å². The molecule has 0 spiro atoms. The highest BCUT2D eigenvalue weighted by atomic mass is 35.5. The molecule has 2 aromatic carbocycles. The molecule has 0 saturated carbocycles. The highest BCUT2D eigenvalue weighted by Gasteiger charge is 2.34. The molecule has 0 unspecified atom stereocenters. The van der Waals surface area contributed by atoms with E-state index in [9.17, 15) is 19.5 Å². The number of nitrogens with zero attached hydrogens (tertiary/aromatic N) is 4. The average molecular weight is 586 g/mol. The van der Waals surface area contributed by atoms with Crippen molar-refractivity contribution in [1.82, 2.24) is 14.5 Å². The van der Waals surface area contributed by atoms with Crippen LogP contribution in [-0.4, -0.2) is 56.5 Å². The van der Waals surface area contributed by atoms with Crippen molar-refractivity contribution < 1.29 is 14.7 Å². The molecule has 40 heavy (non-hydrogen) atoms. The lowest BCUT2D eigenvalue weighted by Gasteiger charge is -2.38. The molecular formula is C30H34Cl2N4O4. The van der Waals surface area contributed by atoms with E-state index < -0.39 is 5.60 Å². The van der Waals surface area contributed by atoms with E-state index in [4.69, 9.17) is 23.4 Å². The zero-order valence-corrected chi connectivity index (χ0v) is 24.0. The van der Waals surface area contributed by atoms with E-state index in [2.05, 4.69) is 4.98 Å². The van der Waals surface area contributed by atoms with Gasteiger partial charge in [0.1, 0.15) is 0 Å². The van der Waals surface area contributed by atoms with Crippen molar-refractivity contribution in [2.75, 3.05) is 24.1 Å². The smallest absolute Gasteiger partial charge is 0.261 e. The quantitative estimate of drug-likeness (QED) is 0.212. The maximum atomic E-state index is 12.9. The summed E-state index contributed by atoms with van der Waals surface area (Å²) in [6.45, 7) is 1.83. The number of likely N-dealkylation sites (tertiary alicyclic amines) is 1. The number of aryl methyl sites for hydroxylation is 1. The molecule has 1 fully saturated rings. The number of halogens is 2. The predicted octanol–water partition coefficient (Wildman–Crippen LogP) is 5.14. The SMILES string of the molecule is O=C(CCCCCC(=O)N1CCC(O)(Cn2cnc3cc(Cl)ccc3c2=O)CC1)c1ccc2c(c1)CCCN2Cl. The number of aromatic nitrogens is 2. The number of ketones is 1. The molecule has 0 bridgehead atoms. The van der Waals surface area contributed by atoms with Crippen LogP contribution in [0.3, 0.4) is 0 Å². The Morgan fingerprint density at radius 3 is 2.58 bits per heavy atom. The third kappa shape index (κ3) is 6.51. The van der Waals surface area contributed by atoms with Gasteiger partial charge in [-0.1, -0.05) is 18.0 Å². The largest absolute Gasteiger partial charge is 0.388 e. The topological polar surface area (TPSA) is 95.7 Å². The molecule has 1 aromatic heterocycles. The van der Waals surface area contributed by atoms with Gasteiger partial charge in [0.2, 0.25) is 5.91 Å². The number of rotatable bonds is 9. The van der Waals surface area contributed by atoms with Gasteiger partial charge < -0.3 is 10.0 Å². The molecule has 1 N–H and O–H groups in total. The Hall–Kier alpha value is -2.94. The third-order valence-electron chi connectivity index (χ3n) is 8.06. The van der Waals surface area contributed by atoms with Crippen molar-refractivity contribution >= 4 is 51.7 Å². The Bertz CT molecular complexity index is 1470. The number of unbranched alkanes of at least 4 members (excludes halogenated alkanes) is 2. The second kappa shape index (κ2) is 12.3. The summed E-state index contributed by atoms with van der Waals surface area (Å²) in [6.07, 6.45) is 7.30. The second-order valence-corrected chi connectivity index (χ2v) is 11.8. The Labute approximate surface area is 243 Å². The van der Waals surface area contributed by atoms with E-state index in [1.807, 2.05) is 18.2 Å². The van der Waals surface area contributed by atoms with Crippen LogP contribution in [0.5, 0.6) is 0 Å². The number of hydrogen-bond donors (Lipinski definition) is 1. The summed E-state index contributed by atoms with van der Waals surface area (Å²) in [5.74, 6) is 0.191. The summed E-state index contributed by atoms with van der Waals surface area (Å²) in [4.78, 5) is 44.4. The first-order valence-corrected chi connectivity index (χ1v) is 14.7. The van der Waals surface area contributed by atoms with Crippen molar-refractivity contribution in [1.29, 1.82) is 0 Å². The van der Waals surface area contributed by atoms with E-state index in [0.717, 1.165) is 55.5 Å². The van der Waals surface area contributed by atoms with E-state index in [1.165, 1.54) is 10.9 Å². The fraction of sp³-hybridized carbons (Fsp3) is 0.467. The van der Waals surface area contributed by atoms with Crippen LogP contribution in [0.2, 0.25) is 5.02 Å². The molecule has 5 rings (SSSR count). The van der Waals surface area contributed by atoms with E-state index in [0.29, 0.717) is 54.7 Å². The highest BCUT2D eigenvalue weighted by Crippen LogP contribution is 2.30. The first-order chi connectivity index (χ1) is 19.2. The molecule has 3 heterocycles. The van der Waals surface area contributed by atoms with Gasteiger partial charge in [-0.2, -0.15) is 0 Å². The van der Waals surface area contributed by atoms with Crippen LogP contribution in [0.1, 0.15) is 67.3 Å². The lowest BCUT2D eigenvalue weighted by molar-refractivity contribution is -0.136. The van der Waals surface area contributed by atoms with E-state index >= 15 is 0 Å². The zero-order chi connectivity index (χ0) is 28.3. The molecule has 212 valence electrons. The van der Waals surface area contributed by atoms with Gasteiger partial charge in [-0.05, 0) is 80.5 Å². The molecule has 2 aliphatic rings. The number of amides is 1. The molecule has 1 saturated heterocycles. The number of carbonyl (C=O) groups excluding carboxylic acids is 2. The van der Waals surface area contributed by atoms with Gasteiger partial charge in [0.05, 0.1) is 35.1 Å². The van der Waals surface area contributed by atoms with Gasteiger partial charge in [0.25, 0.3) is 5.56 Å². The number of hydrogen-bond acceptors (Lipinski definition) is 6. The van der Waals surface area contributed by atoms with Crippen LogP contribution in [0.15, 0.2) is 47.5 Å². The van der Waals surface area contributed by atoms with Crippen molar-refractivity contribution in [3.63, 3.8) is 0 Å². The van der Waals surface area contributed by atoms with Gasteiger partial charge >= 0.3 is 0 Å². The standard InChI is InChI=1S/C30H34Cl2N4O4/c31-23-9-10-24-25(18-23)33-20-35(29(24)39)19-30(40)12-15-34(16-13-30)28(38)7-3-1-2-6-27(37)22-8-11-26-21(17-22)5-4-14-36(26)32/h8-11,17-18,20,40H,1-7,12-16,19H2. The Kier molecular flexibility index (Phi) is 8.78. The lowest BCUT2D eigenvalue weighted by atomic mass is 9.91. The van der Waals surface area contributed by atoms with Gasteiger partial charge in [-0.15, -0.1) is 0 Å². The minimum absolute atomic E-state index is 0.0649. The van der Waals surface area contributed by atoms with Crippen LogP contribution in [0.4, 0.5) is 5.69 Å². The highest BCUT2D eigenvalue weighted by molar-refractivity contribution is 6.31. The van der Waals surface area contributed by atoms with Crippen molar-refractivity contribution in [3.05, 3.63) is 69.2 Å². The maximum Gasteiger partial charge on any atom is 0.261 e. The number of Topliss-reactive ketones (excluding diaryl/α,β-unsaturated/α-hetero) is 1. The molecule has 8 nitrogen and oxygen atoms in total. The number of benzene rings is 2. The number of carbonyl (C=O) groups is 2. The number of fused-ring (bicyclic) bond motifs is 2. The van der Waals surface area contributed by atoms with Crippen LogP contribution in [-0.2, 0) is 17.8 Å². The third-order valence-corrected chi connectivity index (χ3v) is 8.64. The maximum absolute atomic E-state index is 12.9. The fourth-order valence-electron chi connectivity index (χ4n) is 5.66. The summed E-state index contributed by atoms with van der Waals surface area (Å²) in [7, 11) is 0. The zero-order valence-electron chi connectivity index (χ0n) is 22.5. The summed E-state index contributed by atoms with van der Waals surface area (Å²) in [5, 5.41) is 12.1. The van der Waals surface area contributed by atoms with Crippen LogP contribution >= 0.6 is 23.4 Å². The minimum atomic E-state index is -1.08. The number of aliphatic hydroxyl groups is 1. The van der Waals surface area contributed by atoms with Crippen LogP contribution in [0.25, 0.3) is 10.9 Å². The fourth-order valence-corrected chi connectivity index (χ4v) is 6.11. The number of anilines is 1. The molecule has 1 amide bonds. The molecule has 0 atom stereocenters. The van der Waals surface area contributed by atoms with Gasteiger partial charge in [-0.3, -0.25) is 23.4 Å². The second-order valence-electron chi connectivity index (χ2n) is 11.0.